The molecule has 2 heteroatoms. The van der Waals surface area contributed by atoms with Crippen LogP contribution in [0.15, 0.2) is 170 Å². The van der Waals surface area contributed by atoms with Gasteiger partial charge in [0, 0.05) is 11.8 Å². The van der Waals surface area contributed by atoms with Crippen LogP contribution in [0.5, 0.6) is 0 Å². The highest BCUT2D eigenvalue weighted by Gasteiger charge is 2.09. The van der Waals surface area contributed by atoms with E-state index in [4.69, 9.17) is 4.98 Å². The molecule has 234 valence electrons. The molecule has 0 atom stereocenters. The topological polar surface area (TPSA) is 16.8 Å². The first-order valence-electron chi connectivity index (χ1n) is 17.0. The molecule has 2 heterocycles. The first kappa shape index (κ1) is 31.0. The lowest BCUT2D eigenvalue weighted by molar-refractivity contribution is -0.600. The Morgan fingerprint density at radius 2 is 1.08 bits per heavy atom. The lowest BCUT2D eigenvalue weighted by atomic mass is 9.92. The Hall–Kier alpha value is -5.60. The number of aromatic nitrogens is 2. The van der Waals surface area contributed by atoms with E-state index >= 15 is 0 Å². The number of hydrogen-bond donors (Lipinski definition) is 0. The van der Waals surface area contributed by atoms with Gasteiger partial charge in [0.1, 0.15) is 5.69 Å². The van der Waals surface area contributed by atoms with Crippen LogP contribution in [0.1, 0.15) is 33.4 Å². The van der Waals surface area contributed by atoms with E-state index in [0.29, 0.717) is 0 Å². The Kier molecular flexibility index (Phi) is 9.91. The van der Waals surface area contributed by atoms with E-state index in [1.165, 1.54) is 44.5 Å². The van der Waals surface area contributed by atoms with Crippen LogP contribution in [0.4, 0.5) is 0 Å². The van der Waals surface area contributed by atoms with Gasteiger partial charge in [-0.3, -0.25) is 9.55 Å². The molecule has 2 aromatic heterocycles. The highest BCUT2D eigenvalue weighted by Crippen LogP contribution is 2.23. The van der Waals surface area contributed by atoms with Crippen molar-refractivity contribution in [2.75, 3.05) is 0 Å². The van der Waals surface area contributed by atoms with Gasteiger partial charge in [0.15, 0.2) is 6.20 Å². The van der Waals surface area contributed by atoms with Crippen molar-refractivity contribution in [3.8, 4) is 28.1 Å². The molecule has 0 amide bonds. The summed E-state index contributed by atoms with van der Waals surface area (Å²) < 4.78 is 2.05. The van der Waals surface area contributed by atoms with E-state index in [2.05, 4.69) is 146 Å². The van der Waals surface area contributed by atoms with E-state index in [9.17, 15) is 0 Å². The van der Waals surface area contributed by atoms with Gasteiger partial charge in [-0.25, -0.2) is 0 Å². The molecule has 0 unspecified atom stereocenters. The minimum absolute atomic E-state index is 0.969. The molecule has 5 aromatic carbocycles. The fourth-order valence-electron chi connectivity index (χ4n) is 6.38. The Balaban J connectivity index is 1.06. The molecule has 7 aromatic rings. The van der Waals surface area contributed by atoms with Crippen molar-refractivity contribution < 1.29 is 4.57 Å². The van der Waals surface area contributed by atoms with Gasteiger partial charge in [-0.2, -0.15) is 0 Å². The number of aryl methyl sites for hydroxylation is 6. The molecule has 0 aliphatic rings. The van der Waals surface area contributed by atoms with Crippen molar-refractivity contribution >= 4 is 0 Å². The standard InChI is InChI=1S/C46H40N2/c1-4-12-40(13-5-1)41-25-19-36(20-26-41)21-27-42-28-22-38(18-17-37-11-10-16-45(34-37)48-31-8-3-9-32-48)33-44(42)29-23-39-24-30-46(47-35-39)43-14-6-2-7-15-43/h1-16,19-20,22,24-26,28,30-31,33-35H,17-18,21,23,27,29H2. The number of benzene rings is 5. The van der Waals surface area contributed by atoms with Crippen LogP contribution in [0, 0.1) is 6.20 Å². The molecule has 0 aliphatic heterocycles. The van der Waals surface area contributed by atoms with Crippen LogP contribution < -0.4 is 4.57 Å². The molecule has 0 saturated carbocycles. The van der Waals surface area contributed by atoms with Crippen molar-refractivity contribution in [3.63, 3.8) is 0 Å². The molecule has 0 saturated heterocycles. The van der Waals surface area contributed by atoms with Crippen LogP contribution >= 0.6 is 0 Å². The Bertz CT molecular complexity index is 2030. The second-order valence-corrected chi connectivity index (χ2v) is 12.5. The van der Waals surface area contributed by atoms with Gasteiger partial charge in [0.25, 0.3) is 0 Å². The van der Waals surface area contributed by atoms with Gasteiger partial charge in [-0.15, -0.1) is 6.07 Å². The zero-order chi connectivity index (χ0) is 32.4. The van der Waals surface area contributed by atoms with Gasteiger partial charge in [0.2, 0.25) is 0 Å². The normalized spacial score (nSPS) is 11.0. The van der Waals surface area contributed by atoms with Gasteiger partial charge in [0.05, 0.1) is 11.9 Å². The zero-order valence-corrected chi connectivity index (χ0v) is 27.3. The summed E-state index contributed by atoms with van der Waals surface area (Å²) in [5.41, 5.74) is 14.1. The van der Waals surface area contributed by atoms with Crippen molar-refractivity contribution in [1.82, 2.24) is 4.98 Å². The largest absolute Gasteiger partial charge is 0.285 e. The SMILES string of the molecule is [c-]1cccc[n+]1-c1cccc(CCc2ccc(CCc3ccc(-c4ccccc4)cc3)c(CCc3ccc(-c4ccccc4)nc3)c2)c1. The van der Waals surface area contributed by atoms with E-state index in [1.807, 2.05) is 35.0 Å². The summed E-state index contributed by atoms with van der Waals surface area (Å²) in [7, 11) is 0. The third-order valence-electron chi connectivity index (χ3n) is 9.14. The van der Waals surface area contributed by atoms with Gasteiger partial charge in [-0.1, -0.05) is 139 Å². The van der Waals surface area contributed by atoms with Gasteiger partial charge < -0.3 is 0 Å². The number of rotatable bonds is 12. The maximum absolute atomic E-state index is 4.79. The molecule has 0 fully saturated rings. The molecular formula is C46H40N2. The quantitative estimate of drug-likeness (QED) is 0.0982. The van der Waals surface area contributed by atoms with Crippen molar-refractivity contribution in [2.24, 2.45) is 0 Å². The molecule has 0 N–H and O–H groups in total. The summed E-state index contributed by atoms with van der Waals surface area (Å²) >= 11 is 0. The summed E-state index contributed by atoms with van der Waals surface area (Å²) in [6.45, 7) is 0. The second-order valence-electron chi connectivity index (χ2n) is 12.5. The lowest BCUT2D eigenvalue weighted by Gasteiger charge is -2.14. The van der Waals surface area contributed by atoms with Crippen molar-refractivity contribution in [3.05, 3.63) is 210 Å². The molecule has 48 heavy (non-hydrogen) atoms. The Labute approximate surface area is 285 Å². The molecule has 0 spiro atoms. The highest BCUT2D eigenvalue weighted by molar-refractivity contribution is 5.63. The summed E-state index contributed by atoms with van der Waals surface area (Å²) in [5, 5.41) is 0. The van der Waals surface area contributed by atoms with Crippen LogP contribution in [-0.2, 0) is 38.5 Å². The van der Waals surface area contributed by atoms with Crippen LogP contribution in [0.25, 0.3) is 28.1 Å². The Morgan fingerprint density at radius 1 is 0.438 bits per heavy atom. The Morgan fingerprint density at radius 3 is 1.81 bits per heavy atom. The number of nitrogens with zero attached hydrogens (tertiary/aromatic N) is 2. The van der Waals surface area contributed by atoms with Crippen LogP contribution in [0.2, 0.25) is 0 Å². The van der Waals surface area contributed by atoms with Crippen LogP contribution in [-0.4, -0.2) is 4.98 Å². The van der Waals surface area contributed by atoms with E-state index in [-0.39, 0.29) is 0 Å². The third kappa shape index (κ3) is 8.03. The summed E-state index contributed by atoms with van der Waals surface area (Å²) in [5.74, 6) is 0. The third-order valence-corrected chi connectivity index (χ3v) is 9.14. The first-order valence-corrected chi connectivity index (χ1v) is 17.0. The smallest absolute Gasteiger partial charge is 0.152 e. The minimum Gasteiger partial charge on any atom is -0.285 e. The number of hydrogen-bond acceptors (Lipinski definition) is 1. The molecule has 0 radical (unpaired) electrons. The summed E-state index contributed by atoms with van der Waals surface area (Å²) in [6.07, 6.45) is 13.4. The molecule has 0 bridgehead atoms. The lowest BCUT2D eigenvalue weighted by Crippen LogP contribution is -2.29. The predicted molar refractivity (Wildman–Crippen MR) is 197 cm³/mol. The van der Waals surface area contributed by atoms with Gasteiger partial charge in [-0.05, 0) is 95.7 Å². The average molecular weight is 621 g/mol. The fraction of sp³-hybridized carbons (Fsp3) is 0.130. The zero-order valence-electron chi connectivity index (χ0n) is 27.3. The summed E-state index contributed by atoms with van der Waals surface area (Å²) in [4.78, 5) is 4.79. The van der Waals surface area contributed by atoms with E-state index in [1.54, 1.807) is 0 Å². The maximum atomic E-state index is 4.79. The monoisotopic (exact) mass is 620 g/mol. The first-order chi connectivity index (χ1) is 23.8. The summed E-state index contributed by atoms with van der Waals surface area (Å²) in [6, 6.07) is 56.5. The van der Waals surface area contributed by atoms with Crippen molar-refractivity contribution in [1.29, 1.82) is 0 Å². The average Bonchev–Trinajstić information content (AvgIpc) is 3.17. The van der Waals surface area contributed by atoms with E-state index in [0.717, 1.165) is 55.5 Å². The number of pyridine rings is 2. The maximum Gasteiger partial charge on any atom is 0.152 e. The molecule has 2 nitrogen and oxygen atoms in total. The minimum atomic E-state index is 0.969. The second kappa shape index (κ2) is 15.3. The van der Waals surface area contributed by atoms with Gasteiger partial charge >= 0.3 is 0 Å². The molecule has 0 aliphatic carbocycles. The fourth-order valence-corrected chi connectivity index (χ4v) is 6.38. The van der Waals surface area contributed by atoms with Crippen LogP contribution in [0.3, 0.4) is 0 Å². The molecule has 7 rings (SSSR count). The predicted octanol–water partition coefficient (Wildman–Crippen LogP) is 9.85. The highest BCUT2D eigenvalue weighted by atomic mass is 14.9. The van der Waals surface area contributed by atoms with E-state index < -0.39 is 0 Å². The van der Waals surface area contributed by atoms with Crippen molar-refractivity contribution in [2.45, 2.75) is 38.5 Å². The molecular weight excluding hydrogens is 581 g/mol.